The molecule has 188 valence electrons. The van der Waals surface area contributed by atoms with Crippen molar-refractivity contribution >= 4 is 22.9 Å². The first-order valence-corrected chi connectivity index (χ1v) is 12.3. The van der Waals surface area contributed by atoms with Crippen molar-refractivity contribution < 1.29 is 17.9 Å². The topological polar surface area (TPSA) is 68.4 Å². The van der Waals surface area contributed by atoms with Gasteiger partial charge in [0.15, 0.2) is 22.7 Å². The number of hydrogen-bond donors (Lipinski definition) is 0. The molecule has 2 aliphatic rings. The molecule has 11 heteroatoms. The molecule has 2 bridgehead atoms. The second-order valence-electron chi connectivity index (χ2n) is 9.95. The minimum atomic E-state index is -4.46. The maximum atomic E-state index is 13.1. The van der Waals surface area contributed by atoms with E-state index in [4.69, 9.17) is 21.3 Å². The average Bonchev–Trinajstić information content (AvgIpc) is 3.30. The van der Waals surface area contributed by atoms with Gasteiger partial charge in [0.2, 0.25) is 5.88 Å². The van der Waals surface area contributed by atoms with Gasteiger partial charge in [-0.3, -0.25) is 0 Å². The highest BCUT2D eigenvalue weighted by Crippen LogP contribution is 2.44. The Kier molecular flexibility index (Phi) is 6.27. The smallest absolute Gasteiger partial charge is 0.425 e. The van der Waals surface area contributed by atoms with Crippen LogP contribution >= 0.6 is 11.6 Å². The zero-order chi connectivity index (χ0) is 24.9. The monoisotopic (exact) mass is 508 g/mol. The summed E-state index contributed by atoms with van der Waals surface area (Å²) >= 11 is 6.04. The van der Waals surface area contributed by atoms with E-state index in [9.17, 15) is 13.2 Å². The minimum Gasteiger partial charge on any atom is -0.465 e. The van der Waals surface area contributed by atoms with Gasteiger partial charge in [-0.2, -0.15) is 22.8 Å². The fraction of sp³-hybridized carbons (Fsp3) is 0.583. The molecule has 1 aliphatic carbocycles. The van der Waals surface area contributed by atoms with Crippen LogP contribution in [0.4, 0.5) is 18.9 Å². The minimum absolute atomic E-state index is 0.0489. The predicted molar refractivity (Wildman–Crippen MR) is 126 cm³/mol. The van der Waals surface area contributed by atoms with Gasteiger partial charge in [0.25, 0.3) is 0 Å². The zero-order valence-corrected chi connectivity index (χ0v) is 20.6. The number of fused-ring (bicyclic) bond motifs is 3. The molecule has 1 saturated carbocycles. The van der Waals surface area contributed by atoms with Gasteiger partial charge in [-0.25, -0.2) is 4.98 Å². The Balaban J connectivity index is 1.40. The van der Waals surface area contributed by atoms with E-state index in [-0.39, 0.29) is 11.8 Å². The third-order valence-electron chi connectivity index (χ3n) is 7.33. The van der Waals surface area contributed by atoms with Crippen molar-refractivity contribution in [1.82, 2.24) is 24.8 Å². The van der Waals surface area contributed by atoms with E-state index >= 15 is 0 Å². The first-order chi connectivity index (χ1) is 16.6. The van der Waals surface area contributed by atoms with Gasteiger partial charge >= 0.3 is 6.18 Å². The number of rotatable bonds is 6. The summed E-state index contributed by atoms with van der Waals surface area (Å²) < 4.78 is 46.1. The van der Waals surface area contributed by atoms with Gasteiger partial charge < -0.3 is 9.64 Å². The lowest BCUT2D eigenvalue weighted by Gasteiger charge is -2.38. The highest BCUT2D eigenvalue weighted by Gasteiger charge is 2.43. The van der Waals surface area contributed by atoms with Crippen LogP contribution in [0.3, 0.4) is 0 Å². The summed E-state index contributed by atoms with van der Waals surface area (Å²) in [4.78, 5) is 7.10. The van der Waals surface area contributed by atoms with Crippen molar-refractivity contribution in [3.63, 3.8) is 0 Å². The second kappa shape index (κ2) is 9.11. The number of nitrogens with zero attached hydrogens (tertiary/aromatic N) is 6. The number of piperidine rings is 1. The van der Waals surface area contributed by atoms with Gasteiger partial charge in [0.05, 0.1) is 11.9 Å². The lowest BCUT2D eigenvalue weighted by Crippen LogP contribution is -2.42. The van der Waals surface area contributed by atoms with Crippen molar-refractivity contribution in [2.45, 2.75) is 58.2 Å². The maximum absolute atomic E-state index is 13.1. The van der Waals surface area contributed by atoms with Crippen LogP contribution in [0, 0.1) is 17.8 Å². The van der Waals surface area contributed by atoms with Crippen LogP contribution in [-0.2, 0) is 6.42 Å². The number of halogens is 4. The van der Waals surface area contributed by atoms with Gasteiger partial charge in [-0.15, -0.1) is 10.2 Å². The van der Waals surface area contributed by atoms with Crippen molar-refractivity contribution in [2.24, 2.45) is 17.8 Å². The Morgan fingerprint density at radius 3 is 2.49 bits per heavy atom. The largest absolute Gasteiger partial charge is 0.465 e. The molecule has 5 rings (SSSR count). The maximum Gasteiger partial charge on any atom is 0.425 e. The lowest BCUT2D eigenvalue weighted by atomic mass is 9.82. The first-order valence-electron chi connectivity index (χ1n) is 11.9. The number of ether oxygens (including phenoxy) is 1. The van der Waals surface area contributed by atoms with Gasteiger partial charge in [-0.1, -0.05) is 25.4 Å². The molecule has 0 aromatic carbocycles. The molecule has 3 aromatic heterocycles. The molecule has 0 N–H and O–H groups in total. The van der Waals surface area contributed by atoms with Gasteiger partial charge in [0, 0.05) is 31.6 Å². The molecule has 4 heterocycles. The summed E-state index contributed by atoms with van der Waals surface area (Å²) in [5, 5.41) is 12.8. The molecule has 1 unspecified atom stereocenters. The molecule has 35 heavy (non-hydrogen) atoms. The van der Waals surface area contributed by atoms with E-state index in [0.717, 1.165) is 44.1 Å². The highest BCUT2D eigenvalue weighted by atomic mass is 35.5. The van der Waals surface area contributed by atoms with E-state index in [2.05, 4.69) is 20.2 Å². The molecule has 1 saturated heterocycles. The molecule has 3 aromatic rings. The van der Waals surface area contributed by atoms with Crippen molar-refractivity contribution in [3.8, 4) is 5.88 Å². The van der Waals surface area contributed by atoms with E-state index in [1.807, 2.05) is 19.9 Å². The second-order valence-corrected chi connectivity index (χ2v) is 10.3. The Labute approximate surface area is 206 Å². The molecule has 4 atom stereocenters. The van der Waals surface area contributed by atoms with Crippen LogP contribution in [0.25, 0.3) is 5.65 Å². The number of aromatic nitrogens is 5. The van der Waals surface area contributed by atoms with Crippen LogP contribution in [0.2, 0.25) is 5.15 Å². The van der Waals surface area contributed by atoms with Crippen LogP contribution < -0.4 is 9.64 Å². The van der Waals surface area contributed by atoms with Crippen molar-refractivity contribution in [1.29, 1.82) is 0 Å². The number of anilines is 1. The third kappa shape index (κ3) is 4.77. The normalized spacial score (nSPS) is 23.3. The summed E-state index contributed by atoms with van der Waals surface area (Å²) in [5.41, 5.74) is 2.47. The summed E-state index contributed by atoms with van der Waals surface area (Å²) in [6.07, 6.45) is -1.73. The lowest BCUT2D eigenvalue weighted by molar-refractivity contribution is -0.190. The fourth-order valence-corrected chi connectivity index (χ4v) is 5.63. The van der Waals surface area contributed by atoms with Crippen molar-refractivity contribution in [2.75, 3.05) is 18.0 Å². The Bertz CT molecular complexity index is 1200. The Morgan fingerprint density at radius 2 is 1.86 bits per heavy atom. The molecule has 0 radical (unpaired) electrons. The zero-order valence-electron chi connectivity index (χ0n) is 19.8. The molecule has 0 amide bonds. The molecular formula is C24H28ClF3N6O. The Morgan fingerprint density at radius 1 is 1.14 bits per heavy atom. The summed E-state index contributed by atoms with van der Waals surface area (Å²) in [5.74, 6) is 2.19. The quantitative estimate of drug-likeness (QED) is 0.448. The van der Waals surface area contributed by atoms with E-state index < -0.39 is 12.3 Å². The third-order valence-corrected chi connectivity index (χ3v) is 7.51. The number of hydrogen-bond acceptors (Lipinski definition) is 6. The predicted octanol–water partition coefficient (Wildman–Crippen LogP) is 5.33. The fourth-order valence-electron chi connectivity index (χ4n) is 5.47. The van der Waals surface area contributed by atoms with Gasteiger partial charge in [0.1, 0.15) is 0 Å². The summed E-state index contributed by atoms with van der Waals surface area (Å²) in [6, 6.07) is 5.18. The standard InChI is InChI=1S/C24H28ClF3N6O/c1-13(2)18-6-7-22(35-14(3)24(26,27)28)34-23(18)30-21(32-34)9-19-15-4-5-16(19)12-33(11-15)17-8-20(25)31-29-10-17/h6-8,10,13-16,19H,4-5,9,11-12H2,1-3H3/t14-,15-,16+,19?/m0/s1. The average molecular weight is 509 g/mol. The van der Waals surface area contributed by atoms with E-state index in [0.29, 0.717) is 40.8 Å². The number of alkyl halides is 3. The number of pyridine rings is 1. The molecule has 2 fully saturated rings. The van der Waals surface area contributed by atoms with Crippen molar-refractivity contribution in [3.05, 3.63) is 40.9 Å². The van der Waals surface area contributed by atoms with E-state index in [1.54, 1.807) is 18.3 Å². The SMILES string of the molecule is CC(C)c1ccc(O[C@@H](C)C(F)(F)F)n2nc(CC3[C@@H]4CC[C@H]3CN(c3cnnc(Cl)c3)C4)nc12. The van der Waals surface area contributed by atoms with Gasteiger partial charge in [-0.05, 0) is 55.1 Å². The highest BCUT2D eigenvalue weighted by molar-refractivity contribution is 6.29. The van der Waals surface area contributed by atoms with Crippen LogP contribution in [0.5, 0.6) is 5.88 Å². The summed E-state index contributed by atoms with van der Waals surface area (Å²) in [6.45, 7) is 6.84. The van der Waals surface area contributed by atoms with Crippen LogP contribution in [-0.4, -0.2) is 50.2 Å². The molecule has 0 spiro atoms. The summed E-state index contributed by atoms with van der Waals surface area (Å²) in [7, 11) is 0. The molecule has 1 aliphatic heterocycles. The first kappa shape index (κ1) is 24.1. The molecule has 7 nitrogen and oxygen atoms in total. The van der Waals surface area contributed by atoms with E-state index in [1.165, 1.54) is 4.52 Å². The molecular weight excluding hydrogens is 481 g/mol. The van der Waals surface area contributed by atoms with Crippen LogP contribution in [0.1, 0.15) is 50.9 Å². The van der Waals surface area contributed by atoms with Crippen LogP contribution in [0.15, 0.2) is 24.4 Å². The Hall–Kier alpha value is -2.62.